The third-order valence-corrected chi connectivity index (χ3v) is 3.88. The molecule has 0 bridgehead atoms. The molecule has 0 radical (unpaired) electrons. The van der Waals surface area contributed by atoms with E-state index < -0.39 is 0 Å². The van der Waals surface area contributed by atoms with E-state index in [1.807, 2.05) is 54.6 Å². The Labute approximate surface area is 157 Å². The molecule has 5 heteroatoms. The van der Waals surface area contributed by atoms with Gasteiger partial charge in [-0.05, 0) is 42.0 Å². The van der Waals surface area contributed by atoms with E-state index in [1.165, 1.54) is 0 Å². The molecule has 0 aromatic heterocycles. The van der Waals surface area contributed by atoms with Crippen LogP contribution in [0.2, 0.25) is 5.02 Å². The van der Waals surface area contributed by atoms with Gasteiger partial charge in [0.25, 0.3) is 5.91 Å². The third kappa shape index (κ3) is 4.94. The highest BCUT2D eigenvalue weighted by Crippen LogP contribution is 2.17. The quantitative estimate of drug-likeness (QED) is 0.510. The number of hydrogen-bond acceptors (Lipinski definition) is 3. The van der Waals surface area contributed by atoms with Crippen molar-refractivity contribution >= 4 is 23.7 Å². The summed E-state index contributed by atoms with van der Waals surface area (Å²) in [7, 11) is 0. The minimum absolute atomic E-state index is 0.305. The second-order valence-electron chi connectivity index (χ2n) is 5.52. The summed E-state index contributed by atoms with van der Waals surface area (Å²) in [5, 5.41) is 4.60. The van der Waals surface area contributed by atoms with Crippen molar-refractivity contribution in [1.82, 2.24) is 5.43 Å². The molecule has 0 fully saturated rings. The van der Waals surface area contributed by atoms with Crippen LogP contribution < -0.4 is 10.2 Å². The van der Waals surface area contributed by atoms with Gasteiger partial charge in [0.2, 0.25) is 0 Å². The van der Waals surface area contributed by atoms with Gasteiger partial charge in [-0.2, -0.15) is 5.10 Å². The van der Waals surface area contributed by atoms with Crippen LogP contribution >= 0.6 is 11.6 Å². The van der Waals surface area contributed by atoms with Gasteiger partial charge in [0.05, 0.1) is 6.21 Å². The second-order valence-corrected chi connectivity index (χ2v) is 5.95. The molecule has 0 saturated heterocycles. The minimum Gasteiger partial charge on any atom is -0.488 e. The van der Waals surface area contributed by atoms with Gasteiger partial charge >= 0.3 is 0 Å². The highest BCUT2D eigenvalue weighted by Gasteiger charge is 2.04. The summed E-state index contributed by atoms with van der Waals surface area (Å²) in [4.78, 5) is 12.0. The highest BCUT2D eigenvalue weighted by atomic mass is 35.5. The van der Waals surface area contributed by atoms with Gasteiger partial charge in [-0.1, -0.05) is 54.1 Å². The molecule has 0 saturated carbocycles. The minimum atomic E-state index is -0.305. The fourth-order valence-electron chi connectivity index (χ4n) is 2.28. The summed E-state index contributed by atoms with van der Waals surface area (Å²) in [6.07, 6.45) is 1.56. The first-order valence-corrected chi connectivity index (χ1v) is 8.45. The molecule has 130 valence electrons. The number of amides is 1. The van der Waals surface area contributed by atoms with Gasteiger partial charge in [-0.3, -0.25) is 4.79 Å². The zero-order valence-corrected chi connectivity index (χ0v) is 14.7. The molecule has 0 unspecified atom stereocenters. The van der Waals surface area contributed by atoms with Crippen LogP contribution in [0.15, 0.2) is 84.0 Å². The first kappa shape index (κ1) is 17.7. The van der Waals surface area contributed by atoms with Crippen molar-refractivity contribution in [2.45, 2.75) is 6.61 Å². The standard InChI is InChI=1S/C21H17ClN2O2/c22-19-12-10-17(11-13-19)21(25)24-23-14-18-8-4-5-9-20(18)26-15-16-6-2-1-3-7-16/h1-14H,15H2,(H,24,25)/b23-14-. The molecule has 1 amide bonds. The first-order chi connectivity index (χ1) is 12.7. The van der Waals surface area contributed by atoms with E-state index in [0.717, 1.165) is 11.1 Å². The average molecular weight is 365 g/mol. The predicted octanol–water partition coefficient (Wildman–Crippen LogP) is 4.68. The maximum Gasteiger partial charge on any atom is 0.271 e. The molecule has 3 rings (SSSR count). The monoisotopic (exact) mass is 364 g/mol. The van der Waals surface area contributed by atoms with Crippen molar-refractivity contribution in [2.24, 2.45) is 5.10 Å². The van der Waals surface area contributed by atoms with Crippen LogP contribution in [-0.2, 0) is 6.61 Å². The van der Waals surface area contributed by atoms with Crippen LogP contribution in [0.5, 0.6) is 5.75 Å². The van der Waals surface area contributed by atoms with E-state index in [0.29, 0.717) is 22.9 Å². The van der Waals surface area contributed by atoms with Gasteiger partial charge in [-0.15, -0.1) is 0 Å². The smallest absolute Gasteiger partial charge is 0.271 e. The van der Waals surface area contributed by atoms with E-state index >= 15 is 0 Å². The normalized spacial score (nSPS) is 10.7. The summed E-state index contributed by atoms with van der Waals surface area (Å²) >= 11 is 5.82. The molecule has 0 aliphatic carbocycles. The third-order valence-electron chi connectivity index (χ3n) is 3.63. The summed E-state index contributed by atoms with van der Waals surface area (Å²) in [6, 6.07) is 24.0. The first-order valence-electron chi connectivity index (χ1n) is 8.07. The van der Waals surface area contributed by atoms with Gasteiger partial charge in [0.1, 0.15) is 12.4 Å². The highest BCUT2D eigenvalue weighted by molar-refractivity contribution is 6.30. The molecule has 0 heterocycles. The molecular weight excluding hydrogens is 348 g/mol. The molecular formula is C21H17ClN2O2. The Bertz CT molecular complexity index is 893. The maximum atomic E-state index is 12.0. The van der Waals surface area contributed by atoms with E-state index in [1.54, 1.807) is 30.5 Å². The predicted molar refractivity (Wildman–Crippen MR) is 104 cm³/mol. The van der Waals surface area contributed by atoms with E-state index in [2.05, 4.69) is 10.5 Å². The van der Waals surface area contributed by atoms with Crippen LogP contribution in [0, 0.1) is 0 Å². The summed E-state index contributed by atoms with van der Waals surface area (Å²) in [5.74, 6) is 0.390. The van der Waals surface area contributed by atoms with Gasteiger partial charge in [0.15, 0.2) is 0 Å². The Morgan fingerprint density at radius 1 is 0.962 bits per heavy atom. The molecule has 0 aliphatic rings. The molecule has 1 N–H and O–H groups in total. The molecule has 26 heavy (non-hydrogen) atoms. The molecule has 0 spiro atoms. The lowest BCUT2D eigenvalue weighted by Gasteiger charge is -2.09. The number of para-hydroxylation sites is 1. The number of hydrogen-bond donors (Lipinski definition) is 1. The lowest BCUT2D eigenvalue weighted by atomic mass is 10.2. The lowest BCUT2D eigenvalue weighted by molar-refractivity contribution is 0.0955. The number of ether oxygens (including phenoxy) is 1. The topological polar surface area (TPSA) is 50.7 Å². The summed E-state index contributed by atoms with van der Waals surface area (Å²) in [6.45, 7) is 0.461. The molecule has 4 nitrogen and oxygen atoms in total. The second kappa shape index (κ2) is 8.83. The molecule has 3 aromatic rings. The zero-order valence-electron chi connectivity index (χ0n) is 13.9. The summed E-state index contributed by atoms with van der Waals surface area (Å²) in [5.41, 5.74) is 4.84. The van der Waals surface area contributed by atoms with Crippen molar-refractivity contribution in [2.75, 3.05) is 0 Å². The van der Waals surface area contributed by atoms with Crippen LogP contribution in [-0.4, -0.2) is 12.1 Å². The number of carbonyl (C=O) groups is 1. The largest absolute Gasteiger partial charge is 0.488 e. The SMILES string of the molecule is O=C(N/N=C\c1ccccc1OCc1ccccc1)c1ccc(Cl)cc1. The number of hydrazone groups is 1. The Morgan fingerprint density at radius 2 is 1.65 bits per heavy atom. The average Bonchev–Trinajstić information content (AvgIpc) is 2.68. The maximum absolute atomic E-state index is 12.0. The van der Waals surface area contributed by atoms with E-state index in [9.17, 15) is 4.79 Å². The van der Waals surface area contributed by atoms with Crippen molar-refractivity contribution in [3.63, 3.8) is 0 Å². The number of nitrogens with one attached hydrogen (secondary N) is 1. The van der Waals surface area contributed by atoms with Crippen LogP contribution in [0.1, 0.15) is 21.5 Å². The van der Waals surface area contributed by atoms with Crippen LogP contribution in [0.4, 0.5) is 0 Å². The van der Waals surface area contributed by atoms with Crippen LogP contribution in [0.3, 0.4) is 0 Å². The molecule has 3 aromatic carbocycles. The number of carbonyl (C=O) groups excluding carboxylic acids is 1. The number of halogens is 1. The van der Waals surface area contributed by atoms with Crippen molar-refractivity contribution < 1.29 is 9.53 Å². The van der Waals surface area contributed by atoms with Crippen molar-refractivity contribution in [3.05, 3.63) is 101 Å². The number of nitrogens with zero attached hydrogens (tertiary/aromatic N) is 1. The van der Waals surface area contributed by atoms with E-state index in [-0.39, 0.29) is 5.91 Å². The Morgan fingerprint density at radius 3 is 2.42 bits per heavy atom. The Hall–Kier alpha value is -3.11. The van der Waals surface area contributed by atoms with E-state index in [4.69, 9.17) is 16.3 Å². The Balaban J connectivity index is 1.63. The number of rotatable bonds is 6. The van der Waals surface area contributed by atoms with Gasteiger partial charge < -0.3 is 4.74 Å². The Kier molecular flexibility index (Phi) is 6.01. The van der Waals surface area contributed by atoms with Crippen molar-refractivity contribution in [3.8, 4) is 5.75 Å². The summed E-state index contributed by atoms with van der Waals surface area (Å²) < 4.78 is 5.86. The fourth-order valence-corrected chi connectivity index (χ4v) is 2.41. The number of benzene rings is 3. The lowest BCUT2D eigenvalue weighted by Crippen LogP contribution is -2.17. The van der Waals surface area contributed by atoms with Crippen molar-refractivity contribution in [1.29, 1.82) is 0 Å². The van der Waals surface area contributed by atoms with Gasteiger partial charge in [0, 0.05) is 16.1 Å². The zero-order chi connectivity index (χ0) is 18.2. The fraction of sp³-hybridized carbons (Fsp3) is 0.0476. The van der Waals surface area contributed by atoms with Crippen LogP contribution in [0.25, 0.3) is 0 Å². The molecule has 0 atom stereocenters. The molecule has 0 aliphatic heterocycles. The van der Waals surface area contributed by atoms with Gasteiger partial charge in [-0.25, -0.2) is 5.43 Å².